The summed E-state index contributed by atoms with van der Waals surface area (Å²) in [5.74, 6) is -0.670. The number of nitrogens with two attached hydrogens (primary N) is 1. The summed E-state index contributed by atoms with van der Waals surface area (Å²) in [6.07, 6.45) is 2.60. The summed E-state index contributed by atoms with van der Waals surface area (Å²) >= 11 is 0. The number of hydrogen-bond acceptors (Lipinski definition) is 4. The minimum atomic E-state index is -3.78. The van der Waals surface area contributed by atoms with Crippen molar-refractivity contribution in [2.24, 2.45) is 5.73 Å². The second kappa shape index (κ2) is 6.18. The number of benzene rings is 1. The summed E-state index contributed by atoms with van der Waals surface area (Å²) in [7, 11) is -3.78. The van der Waals surface area contributed by atoms with Crippen molar-refractivity contribution in [2.45, 2.75) is 43.5 Å². The summed E-state index contributed by atoms with van der Waals surface area (Å²) in [5, 5.41) is 0. The number of anilines is 1. The number of fused-ring (bicyclic) bond motifs is 1. The second-order valence-electron chi connectivity index (χ2n) is 6.24. The van der Waals surface area contributed by atoms with Crippen molar-refractivity contribution >= 4 is 27.5 Å². The van der Waals surface area contributed by atoms with Gasteiger partial charge in [-0.1, -0.05) is 0 Å². The van der Waals surface area contributed by atoms with Crippen LogP contribution in [0.3, 0.4) is 0 Å². The van der Waals surface area contributed by atoms with E-state index in [-0.39, 0.29) is 10.8 Å². The third kappa shape index (κ3) is 2.80. The van der Waals surface area contributed by atoms with Crippen LogP contribution in [0.5, 0.6) is 0 Å². The average Bonchev–Trinajstić information content (AvgIpc) is 3.04. The first kappa shape index (κ1) is 16.9. The van der Waals surface area contributed by atoms with Gasteiger partial charge in [-0.25, -0.2) is 8.42 Å². The summed E-state index contributed by atoms with van der Waals surface area (Å²) < 4.78 is 27.0. The van der Waals surface area contributed by atoms with Gasteiger partial charge in [0.2, 0.25) is 21.8 Å². The van der Waals surface area contributed by atoms with Gasteiger partial charge in [-0.2, -0.15) is 4.31 Å². The maximum Gasteiger partial charge on any atom is 0.243 e. The predicted octanol–water partition coefficient (Wildman–Crippen LogP) is 0.624. The van der Waals surface area contributed by atoms with E-state index in [4.69, 9.17) is 5.73 Å². The van der Waals surface area contributed by atoms with Gasteiger partial charge in [0, 0.05) is 25.7 Å². The molecule has 0 bridgehead atoms. The van der Waals surface area contributed by atoms with Gasteiger partial charge in [0.15, 0.2) is 0 Å². The standard InChI is InChI=1S/C16H21N3O4S/c1-11(20)18-8-2-4-12-10-13(6-7-14(12)18)24(22,23)19-9-3-5-15(19)16(17)21/h6-7,10,15H,2-5,8-9H2,1H3,(H2,17,21)/t15-/m1/s1. The van der Waals surface area contributed by atoms with Crippen LogP contribution in [0.4, 0.5) is 5.69 Å². The zero-order chi connectivity index (χ0) is 17.5. The van der Waals surface area contributed by atoms with E-state index in [0.29, 0.717) is 25.9 Å². The fourth-order valence-corrected chi connectivity index (χ4v) is 5.22. The van der Waals surface area contributed by atoms with Crippen LogP contribution in [-0.4, -0.2) is 43.7 Å². The van der Waals surface area contributed by atoms with Gasteiger partial charge in [-0.05, 0) is 49.4 Å². The summed E-state index contributed by atoms with van der Waals surface area (Å²) in [4.78, 5) is 25.0. The normalized spacial score (nSPS) is 21.5. The molecule has 0 aliphatic carbocycles. The van der Waals surface area contributed by atoms with E-state index in [2.05, 4.69) is 0 Å². The molecule has 0 aromatic heterocycles. The third-order valence-corrected chi connectivity index (χ3v) is 6.59. The van der Waals surface area contributed by atoms with E-state index in [0.717, 1.165) is 24.1 Å². The number of rotatable bonds is 3. The number of sulfonamides is 1. The van der Waals surface area contributed by atoms with Crippen molar-refractivity contribution < 1.29 is 18.0 Å². The molecule has 1 aromatic carbocycles. The van der Waals surface area contributed by atoms with Crippen LogP contribution in [0.15, 0.2) is 23.1 Å². The molecule has 0 spiro atoms. The Labute approximate surface area is 141 Å². The fourth-order valence-electron chi connectivity index (χ4n) is 3.51. The molecule has 1 saturated heterocycles. The average molecular weight is 351 g/mol. The second-order valence-corrected chi connectivity index (χ2v) is 8.13. The Balaban J connectivity index is 1.98. The largest absolute Gasteiger partial charge is 0.368 e. The zero-order valence-corrected chi connectivity index (χ0v) is 14.4. The van der Waals surface area contributed by atoms with Gasteiger partial charge in [0.05, 0.1) is 4.90 Å². The first-order valence-corrected chi connectivity index (χ1v) is 9.48. The molecule has 130 valence electrons. The maximum absolute atomic E-state index is 12.9. The first-order valence-electron chi connectivity index (χ1n) is 8.04. The molecule has 0 saturated carbocycles. The van der Waals surface area contributed by atoms with Crippen molar-refractivity contribution in [3.63, 3.8) is 0 Å². The molecule has 1 fully saturated rings. The van der Waals surface area contributed by atoms with Gasteiger partial charge in [-0.3, -0.25) is 9.59 Å². The van der Waals surface area contributed by atoms with E-state index in [9.17, 15) is 18.0 Å². The fraction of sp³-hybridized carbons (Fsp3) is 0.500. The van der Waals surface area contributed by atoms with Gasteiger partial charge in [0.1, 0.15) is 6.04 Å². The molecule has 0 unspecified atom stereocenters. The highest BCUT2D eigenvalue weighted by atomic mass is 32.2. The monoisotopic (exact) mass is 351 g/mol. The Morgan fingerprint density at radius 2 is 1.96 bits per heavy atom. The highest BCUT2D eigenvalue weighted by molar-refractivity contribution is 7.89. The predicted molar refractivity (Wildman–Crippen MR) is 88.9 cm³/mol. The topological polar surface area (TPSA) is 101 Å². The van der Waals surface area contributed by atoms with Gasteiger partial charge in [0.25, 0.3) is 0 Å². The Hall–Kier alpha value is -1.93. The SMILES string of the molecule is CC(=O)N1CCCc2cc(S(=O)(=O)N3CCC[C@@H]3C(N)=O)ccc21. The summed E-state index contributed by atoms with van der Waals surface area (Å²) in [5.41, 5.74) is 6.94. The Kier molecular flexibility index (Phi) is 4.35. The lowest BCUT2D eigenvalue weighted by atomic mass is 10.0. The van der Waals surface area contributed by atoms with Crippen molar-refractivity contribution in [1.29, 1.82) is 0 Å². The van der Waals surface area contributed by atoms with Crippen LogP contribution in [0.1, 0.15) is 31.7 Å². The molecular weight excluding hydrogens is 330 g/mol. The zero-order valence-electron chi connectivity index (χ0n) is 13.6. The van der Waals surface area contributed by atoms with Crippen molar-refractivity contribution in [2.75, 3.05) is 18.0 Å². The molecular formula is C16H21N3O4S. The van der Waals surface area contributed by atoms with Crippen LogP contribution in [-0.2, 0) is 26.0 Å². The Morgan fingerprint density at radius 1 is 1.21 bits per heavy atom. The van der Waals surface area contributed by atoms with Crippen molar-refractivity contribution in [3.8, 4) is 0 Å². The van der Waals surface area contributed by atoms with Crippen LogP contribution in [0.25, 0.3) is 0 Å². The minimum Gasteiger partial charge on any atom is -0.368 e. The van der Waals surface area contributed by atoms with E-state index in [1.165, 1.54) is 17.3 Å². The molecule has 0 radical (unpaired) electrons. The number of amides is 2. The van der Waals surface area contributed by atoms with Gasteiger partial charge in [-0.15, -0.1) is 0 Å². The van der Waals surface area contributed by atoms with E-state index >= 15 is 0 Å². The van der Waals surface area contributed by atoms with E-state index in [1.54, 1.807) is 17.0 Å². The molecule has 1 aromatic rings. The summed E-state index contributed by atoms with van der Waals surface area (Å²) in [6.45, 7) is 2.44. The highest BCUT2D eigenvalue weighted by Crippen LogP contribution is 2.32. The van der Waals surface area contributed by atoms with Crippen LogP contribution in [0.2, 0.25) is 0 Å². The first-order chi connectivity index (χ1) is 11.3. The smallest absolute Gasteiger partial charge is 0.243 e. The lowest BCUT2D eigenvalue weighted by Gasteiger charge is -2.29. The number of carbonyl (C=O) groups is 2. The van der Waals surface area contributed by atoms with Crippen LogP contribution >= 0.6 is 0 Å². The number of aryl methyl sites for hydroxylation is 1. The summed E-state index contributed by atoms with van der Waals surface area (Å²) in [6, 6.07) is 4.03. The Morgan fingerprint density at radius 3 is 2.62 bits per heavy atom. The molecule has 2 aliphatic heterocycles. The van der Waals surface area contributed by atoms with Crippen LogP contribution < -0.4 is 10.6 Å². The van der Waals surface area contributed by atoms with Crippen LogP contribution in [0, 0.1) is 0 Å². The molecule has 7 nitrogen and oxygen atoms in total. The molecule has 2 amide bonds. The minimum absolute atomic E-state index is 0.0557. The number of nitrogens with zero attached hydrogens (tertiary/aromatic N) is 2. The third-order valence-electron chi connectivity index (χ3n) is 4.69. The lowest BCUT2D eigenvalue weighted by Crippen LogP contribution is -2.43. The number of carbonyl (C=O) groups excluding carboxylic acids is 2. The number of hydrogen-bond donors (Lipinski definition) is 1. The molecule has 24 heavy (non-hydrogen) atoms. The Bertz CT molecular complexity index is 791. The van der Waals surface area contributed by atoms with Crippen molar-refractivity contribution in [3.05, 3.63) is 23.8 Å². The molecule has 1 atom stereocenters. The molecule has 8 heteroatoms. The van der Waals surface area contributed by atoms with Gasteiger partial charge >= 0.3 is 0 Å². The number of primary amides is 1. The van der Waals surface area contributed by atoms with Crippen molar-refractivity contribution in [1.82, 2.24) is 4.31 Å². The molecule has 2 heterocycles. The van der Waals surface area contributed by atoms with Gasteiger partial charge < -0.3 is 10.6 Å². The van der Waals surface area contributed by atoms with E-state index in [1.807, 2.05) is 0 Å². The lowest BCUT2D eigenvalue weighted by molar-refractivity contribution is -0.121. The maximum atomic E-state index is 12.9. The molecule has 3 rings (SSSR count). The molecule has 2 N–H and O–H groups in total. The van der Waals surface area contributed by atoms with E-state index < -0.39 is 22.0 Å². The molecule has 2 aliphatic rings. The highest BCUT2D eigenvalue weighted by Gasteiger charge is 2.38. The quantitative estimate of drug-likeness (QED) is 0.863.